The lowest BCUT2D eigenvalue weighted by atomic mass is 9.93. The average molecular weight is 356 g/mol. The van der Waals surface area contributed by atoms with Crippen molar-refractivity contribution in [2.24, 2.45) is 0 Å². The predicted molar refractivity (Wildman–Crippen MR) is 99.1 cm³/mol. The molecule has 138 valence electrons. The maximum Gasteiger partial charge on any atom is 0.342 e. The molecule has 3 nitrogen and oxygen atoms in total. The summed E-state index contributed by atoms with van der Waals surface area (Å²) in [5.74, 6) is -1.15. The molecule has 0 radical (unpaired) electrons. The number of halogens is 1. The predicted octanol–water partition coefficient (Wildman–Crippen LogP) is 5.41. The van der Waals surface area contributed by atoms with Gasteiger partial charge in [-0.05, 0) is 42.5 Å². The van der Waals surface area contributed by atoms with Crippen LogP contribution in [0.1, 0.15) is 66.3 Å². The fraction of sp³-hybridized carbons (Fsp3) is 0.409. The Labute approximate surface area is 154 Å². The van der Waals surface area contributed by atoms with E-state index >= 15 is 0 Å². The van der Waals surface area contributed by atoms with Crippen molar-refractivity contribution in [2.45, 2.75) is 52.1 Å². The van der Waals surface area contributed by atoms with Gasteiger partial charge in [0.25, 0.3) is 0 Å². The molecule has 2 aromatic rings. The summed E-state index contributed by atoms with van der Waals surface area (Å²) >= 11 is 0. The smallest absolute Gasteiger partial charge is 0.342 e. The molecule has 1 aliphatic rings. The van der Waals surface area contributed by atoms with Crippen LogP contribution in [0.3, 0.4) is 0 Å². The number of carbonyl (C=O) groups is 1. The second-order valence-electron chi connectivity index (χ2n) is 6.64. The van der Waals surface area contributed by atoms with Crippen LogP contribution in [0.4, 0.5) is 4.39 Å². The summed E-state index contributed by atoms with van der Waals surface area (Å²) in [6.45, 7) is 4.32. The van der Waals surface area contributed by atoms with Gasteiger partial charge in [0.2, 0.25) is 0 Å². The van der Waals surface area contributed by atoms with Crippen molar-refractivity contribution in [2.75, 3.05) is 6.61 Å². The van der Waals surface area contributed by atoms with Crippen LogP contribution in [0.25, 0.3) is 0 Å². The lowest BCUT2D eigenvalue weighted by molar-refractivity contribution is 0.0244. The molecular weight excluding hydrogens is 331 g/mol. The third kappa shape index (κ3) is 3.90. The molecule has 0 bridgehead atoms. The van der Waals surface area contributed by atoms with Crippen molar-refractivity contribution in [1.29, 1.82) is 0 Å². The standard InChI is InChI=1S/C22H25FO3/c1-3-5-6-7-15-8-10-16(11-9-15)19-14-17-12-13-18(25-4-2)21(23)20(17)22(24)26-19/h8-13,19H,3-7,14H2,1-2H3. The minimum Gasteiger partial charge on any atom is -0.491 e. The number of hydrogen-bond donors (Lipinski definition) is 0. The van der Waals surface area contributed by atoms with Crippen LogP contribution in [0.2, 0.25) is 0 Å². The summed E-state index contributed by atoms with van der Waals surface area (Å²) in [6.07, 6.45) is 4.78. The van der Waals surface area contributed by atoms with Crippen molar-refractivity contribution in [1.82, 2.24) is 0 Å². The number of fused-ring (bicyclic) bond motifs is 1. The van der Waals surface area contributed by atoms with E-state index in [1.807, 2.05) is 12.1 Å². The molecule has 0 saturated carbocycles. The number of esters is 1. The summed E-state index contributed by atoms with van der Waals surface area (Å²) < 4.78 is 25.2. The van der Waals surface area contributed by atoms with Crippen LogP contribution in [0, 0.1) is 5.82 Å². The molecule has 0 saturated heterocycles. The normalized spacial score (nSPS) is 16.1. The topological polar surface area (TPSA) is 35.5 Å². The lowest BCUT2D eigenvalue weighted by Crippen LogP contribution is -2.23. The Balaban J connectivity index is 1.76. The van der Waals surface area contributed by atoms with E-state index in [2.05, 4.69) is 19.1 Å². The first kappa shape index (κ1) is 18.4. The van der Waals surface area contributed by atoms with E-state index in [0.29, 0.717) is 18.6 Å². The van der Waals surface area contributed by atoms with Crippen LogP contribution in [0.5, 0.6) is 5.75 Å². The van der Waals surface area contributed by atoms with Gasteiger partial charge in [-0.1, -0.05) is 50.1 Å². The summed E-state index contributed by atoms with van der Waals surface area (Å²) in [5, 5.41) is 0. The minimum absolute atomic E-state index is 0.00313. The third-order valence-electron chi connectivity index (χ3n) is 4.77. The first-order valence-corrected chi connectivity index (χ1v) is 9.38. The highest BCUT2D eigenvalue weighted by Gasteiger charge is 2.31. The van der Waals surface area contributed by atoms with Gasteiger partial charge >= 0.3 is 5.97 Å². The van der Waals surface area contributed by atoms with E-state index in [0.717, 1.165) is 12.0 Å². The van der Waals surface area contributed by atoms with Crippen molar-refractivity contribution in [3.63, 3.8) is 0 Å². The largest absolute Gasteiger partial charge is 0.491 e. The van der Waals surface area contributed by atoms with Gasteiger partial charge in [-0.3, -0.25) is 0 Å². The Kier molecular flexibility index (Phi) is 5.92. The summed E-state index contributed by atoms with van der Waals surface area (Å²) in [7, 11) is 0. The Morgan fingerprint density at radius 2 is 1.88 bits per heavy atom. The zero-order valence-electron chi connectivity index (χ0n) is 15.4. The fourth-order valence-electron chi connectivity index (χ4n) is 3.35. The van der Waals surface area contributed by atoms with Crippen LogP contribution in [-0.4, -0.2) is 12.6 Å². The highest BCUT2D eigenvalue weighted by Crippen LogP contribution is 2.35. The number of rotatable bonds is 7. The van der Waals surface area contributed by atoms with Gasteiger partial charge in [-0.25, -0.2) is 9.18 Å². The van der Waals surface area contributed by atoms with E-state index in [4.69, 9.17) is 9.47 Å². The van der Waals surface area contributed by atoms with Gasteiger partial charge in [0.05, 0.1) is 6.61 Å². The second-order valence-corrected chi connectivity index (χ2v) is 6.64. The number of benzene rings is 2. The molecule has 0 aliphatic carbocycles. The molecule has 1 aliphatic heterocycles. The van der Waals surface area contributed by atoms with Crippen molar-refractivity contribution in [3.8, 4) is 5.75 Å². The number of cyclic esters (lactones) is 1. The summed E-state index contributed by atoms with van der Waals surface area (Å²) in [6, 6.07) is 11.5. The Bertz CT molecular complexity index is 768. The van der Waals surface area contributed by atoms with Crippen molar-refractivity contribution >= 4 is 5.97 Å². The number of carbonyl (C=O) groups excluding carboxylic acids is 1. The van der Waals surface area contributed by atoms with Crippen molar-refractivity contribution in [3.05, 3.63) is 64.5 Å². The third-order valence-corrected chi connectivity index (χ3v) is 4.77. The number of aryl methyl sites for hydroxylation is 1. The van der Waals surface area contributed by atoms with Crippen LogP contribution in [-0.2, 0) is 17.6 Å². The summed E-state index contributed by atoms with van der Waals surface area (Å²) in [5.41, 5.74) is 2.90. The molecule has 26 heavy (non-hydrogen) atoms. The van der Waals surface area contributed by atoms with Gasteiger partial charge < -0.3 is 9.47 Å². The van der Waals surface area contributed by atoms with Gasteiger partial charge in [-0.15, -0.1) is 0 Å². The molecule has 0 aromatic heterocycles. The van der Waals surface area contributed by atoms with Crippen LogP contribution in [0.15, 0.2) is 36.4 Å². The molecular formula is C22H25FO3. The zero-order chi connectivity index (χ0) is 18.5. The molecule has 4 heteroatoms. The molecule has 1 atom stereocenters. The van der Waals surface area contributed by atoms with E-state index in [1.54, 1.807) is 19.1 Å². The van der Waals surface area contributed by atoms with E-state index in [9.17, 15) is 9.18 Å². The van der Waals surface area contributed by atoms with Crippen LogP contribution >= 0.6 is 0 Å². The number of unbranched alkanes of at least 4 members (excludes halogenated alkanes) is 2. The van der Waals surface area contributed by atoms with E-state index in [1.165, 1.54) is 24.8 Å². The molecule has 1 heterocycles. The van der Waals surface area contributed by atoms with Crippen LogP contribution < -0.4 is 4.74 Å². The van der Waals surface area contributed by atoms with E-state index < -0.39 is 11.8 Å². The van der Waals surface area contributed by atoms with Gasteiger partial charge in [-0.2, -0.15) is 0 Å². The molecule has 2 aromatic carbocycles. The summed E-state index contributed by atoms with van der Waals surface area (Å²) in [4.78, 5) is 12.4. The zero-order valence-corrected chi connectivity index (χ0v) is 15.4. The fourth-order valence-corrected chi connectivity index (χ4v) is 3.35. The molecule has 3 rings (SSSR count). The second kappa shape index (κ2) is 8.35. The first-order valence-electron chi connectivity index (χ1n) is 9.38. The quantitative estimate of drug-likeness (QED) is 0.491. The van der Waals surface area contributed by atoms with Gasteiger partial charge in [0.15, 0.2) is 11.6 Å². The molecule has 0 spiro atoms. The SMILES string of the molecule is CCCCCc1ccc(C2Cc3ccc(OCC)c(F)c3C(=O)O2)cc1. The van der Waals surface area contributed by atoms with E-state index in [-0.39, 0.29) is 17.4 Å². The maximum atomic E-state index is 14.5. The molecule has 0 N–H and O–H groups in total. The monoisotopic (exact) mass is 356 g/mol. The maximum absolute atomic E-state index is 14.5. The molecule has 1 unspecified atom stereocenters. The minimum atomic E-state index is -0.626. The van der Waals surface area contributed by atoms with Crippen molar-refractivity contribution < 1.29 is 18.7 Å². The Morgan fingerprint density at radius 1 is 1.12 bits per heavy atom. The highest BCUT2D eigenvalue weighted by molar-refractivity contribution is 5.93. The Hall–Kier alpha value is -2.36. The highest BCUT2D eigenvalue weighted by atomic mass is 19.1. The van der Waals surface area contributed by atoms with Gasteiger partial charge in [0, 0.05) is 6.42 Å². The van der Waals surface area contributed by atoms with Gasteiger partial charge in [0.1, 0.15) is 11.7 Å². The Morgan fingerprint density at radius 3 is 2.58 bits per heavy atom. The molecule has 0 amide bonds. The average Bonchev–Trinajstić information content (AvgIpc) is 2.64. The number of hydrogen-bond acceptors (Lipinski definition) is 3. The number of ether oxygens (including phenoxy) is 2. The first-order chi connectivity index (χ1) is 12.6. The molecule has 0 fully saturated rings. The lowest BCUT2D eigenvalue weighted by Gasteiger charge is -2.26.